The van der Waals surface area contributed by atoms with Gasteiger partial charge < -0.3 is 5.73 Å². The first-order valence-electron chi connectivity index (χ1n) is 7.07. The molecule has 2 aromatic carbocycles. The highest BCUT2D eigenvalue weighted by Crippen LogP contribution is 2.20. The minimum Gasteiger partial charge on any atom is -0.366 e. The standard InChI is InChI=1S/C18H14BrN3O/c19-16-6-4-13(5-7-16)15-10-21-17(22-11-15)9-12-2-1-3-14(8-12)18(20)23/h1-8,10-11H,9H2,(H2,20,23). The van der Waals surface area contributed by atoms with Crippen molar-refractivity contribution >= 4 is 21.8 Å². The van der Waals surface area contributed by atoms with Crippen LogP contribution >= 0.6 is 15.9 Å². The molecule has 1 amide bonds. The summed E-state index contributed by atoms with van der Waals surface area (Å²) >= 11 is 3.42. The van der Waals surface area contributed by atoms with Crippen LogP contribution in [0, 0.1) is 0 Å². The number of nitrogens with two attached hydrogens (primary N) is 1. The van der Waals surface area contributed by atoms with Crippen LogP contribution in [0.25, 0.3) is 11.1 Å². The molecule has 0 aliphatic rings. The highest BCUT2D eigenvalue weighted by molar-refractivity contribution is 9.10. The molecule has 0 saturated heterocycles. The molecule has 3 rings (SSSR count). The average Bonchev–Trinajstić information content (AvgIpc) is 2.57. The average molecular weight is 368 g/mol. The van der Waals surface area contributed by atoms with Gasteiger partial charge in [0, 0.05) is 34.4 Å². The molecule has 2 N–H and O–H groups in total. The Morgan fingerprint density at radius 3 is 2.35 bits per heavy atom. The van der Waals surface area contributed by atoms with Crippen molar-refractivity contribution in [2.45, 2.75) is 6.42 Å². The number of carbonyl (C=O) groups is 1. The van der Waals surface area contributed by atoms with Gasteiger partial charge in [0.05, 0.1) is 0 Å². The van der Waals surface area contributed by atoms with Crippen LogP contribution in [0.1, 0.15) is 21.7 Å². The van der Waals surface area contributed by atoms with Crippen LogP contribution in [-0.2, 0) is 6.42 Å². The molecule has 1 aromatic heterocycles. The monoisotopic (exact) mass is 367 g/mol. The molecule has 0 fully saturated rings. The van der Waals surface area contributed by atoms with Crippen molar-refractivity contribution in [3.05, 3.63) is 82.3 Å². The summed E-state index contributed by atoms with van der Waals surface area (Å²) in [7, 11) is 0. The minimum absolute atomic E-state index is 0.432. The second-order valence-electron chi connectivity index (χ2n) is 5.14. The van der Waals surface area contributed by atoms with Crippen LogP contribution in [0.5, 0.6) is 0 Å². The van der Waals surface area contributed by atoms with Crippen molar-refractivity contribution in [1.29, 1.82) is 0 Å². The van der Waals surface area contributed by atoms with Gasteiger partial charge >= 0.3 is 0 Å². The van der Waals surface area contributed by atoms with E-state index in [1.807, 2.05) is 48.8 Å². The van der Waals surface area contributed by atoms with Crippen LogP contribution in [0.4, 0.5) is 0 Å². The SMILES string of the molecule is NC(=O)c1cccc(Cc2ncc(-c3ccc(Br)cc3)cn2)c1. The molecule has 23 heavy (non-hydrogen) atoms. The number of nitrogens with zero attached hydrogens (tertiary/aromatic N) is 2. The van der Waals surface area contributed by atoms with Gasteiger partial charge in [-0.1, -0.05) is 40.2 Å². The Morgan fingerprint density at radius 1 is 1.00 bits per heavy atom. The lowest BCUT2D eigenvalue weighted by Crippen LogP contribution is -2.11. The molecule has 4 nitrogen and oxygen atoms in total. The number of carbonyl (C=O) groups excluding carboxylic acids is 1. The number of aromatic nitrogens is 2. The molecule has 5 heteroatoms. The predicted octanol–water partition coefficient (Wildman–Crippen LogP) is 3.60. The summed E-state index contributed by atoms with van der Waals surface area (Å²) in [4.78, 5) is 20.0. The second-order valence-corrected chi connectivity index (χ2v) is 6.05. The fraction of sp³-hybridized carbons (Fsp3) is 0.0556. The number of rotatable bonds is 4. The van der Waals surface area contributed by atoms with Gasteiger partial charge in [-0.05, 0) is 35.4 Å². The summed E-state index contributed by atoms with van der Waals surface area (Å²) in [6.07, 6.45) is 4.18. The van der Waals surface area contributed by atoms with Gasteiger partial charge in [-0.25, -0.2) is 9.97 Å². The van der Waals surface area contributed by atoms with E-state index in [4.69, 9.17) is 5.73 Å². The van der Waals surface area contributed by atoms with Gasteiger partial charge in [0.25, 0.3) is 0 Å². The predicted molar refractivity (Wildman–Crippen MR) is 92.9 cm³/mol. The third-order valence-electron chi connectivity index (χ3n) is 3.46. The number of primary amides is 1. The number of benzene rings is 2. The number of amides is 1. The van der Waals surface area contributed by atoms with Crippen molar-refractivity contribution in [3.63, 3.8) is 0 Å². The van der Waals surface area contributed by atoms with E-state index >= 15 is 0 Å². The van der Waals surface area contributed by atoms with Gasteiger partial charge in [-0.3, -0.25) is 4.79 Å². The molecular weight excluding hydrogens is 354 g/mol. The smallest absolute Gasteiger partial charge is 0.248 e. The second kappa shape index (κ2) is 6.71. The number of hydrogen-bond acceptors (Lipinski definition) is 3. The first-order chi connectivity index (χ1) is 11.1. The Hall–Kier alpha value is -2.53. The Labute approximate surface area is 142 Å². The minimum atomic E-state index is -0.432. The van der Waals surface area contributed by atoms with E-state index in [-0.39, 0.29) is 0 Å². The molecule has 0 saturated carbocycles. The summed E-state index contributed by atoms with van der Waals surface area (Å²) in [5.74, 6) is 0.269. The van der Waals surface area contributed by atoms with Crippen LogP contribution in [0.3, 0.4) is 0 Å². The van der Waals surface area contributed by atoms with Crippen LogP contribution in [-0.4, -0.2) is 15.9 Å². The first-order valence-corrected chi connectivity index (χ1v) is 7.87. The van der Waals surface area contributed by atoms with Gasteiger partial charge in [0.15, 0.2) is 0 Å². The summed E-state index contributed by atoms with van der Waals surface area (Å²) in [5.41, 5.74) is 8.78. The summed E-state index contributed by atoms with van der Waals surface area (Å²) in [6, 6.07) is 15.2. The summed E-state index contributed by atoms with van der Waals surface area (Å²) in [5, 5.41) is 0. The highest BCUT2D eigenvalue weighted by atomic mass is 79.9. The van der Waals surface area contributed by atoms with E-state index in [1.54, 1.807) is 12.1 Å². The Morgan fingerprint density at radius 2 is 1.70 bits per heavy atom. The first kappa shape index (κ1) is 15.4. The fourth-order valence-electron chi connectivity index (χ4n) is 2.25. The number of halogens is 1. The van der Waals surface area contributed by atoms with Crippen molar-refractivity contribution in [1.82, 2.24) is 9.97 Å². The third kappa shape index (κ3) is 3.81. The Balaban J connectivity index is 1.78. The van der Waals surface area contributed by atoms with E-state index < -0.39 is 5.91 Å². The zero-order valence-corrected chi connectivity index (χ0v) is 13.8. The van der Waals surface area contributed by atoms with Gasteiger partial charge in [-0.15, -0.1) is 0 Å². The fourth-order valence-corrected chi connectivity index (χ4v) is 2.52. The lowest BCUT2D eigenvalue weighted by atomic mass is 10.1. The lowest BCUT2D eigenvalue weighted by molar-refractivity contribution is 0.1000. The van der Waals surface area contributed by atoms with Crippen molar-refractivity contribution < 1.29 is 4.79 Å². The van der Waals surface area contributed by atoms with Crippen molar-refractivity contribution in [2.75, 3.05) is 0 Å². The zero-order chi connectivity index (χ0) is 16.2. The van der Waals surface area contributed by atoms with Crippen molar-refractivity contribution in [3.8, 4) is 11.1 Å². The van der Waals surface area contributed by atoms with Gasteiger partial charge in [0.2, 0.25) is 5.91 Å². The molecule has 0 bridgehead atoms. The maximum Gasteiger partial charge on any atom is 0.248 e. The molecular formula is C18H14BrN3O. The van der Waals surface area contributed by atoms with Crippen molar-refractivity contribution in [2.24, 2.45) is 5.73 Å². The summed E-state index contributed by atoms with van der Waals surface area (Å²) < 4.78 is 1.04. The molecule has 0 atom stereocenters. The van der Waals surface area contributed by atoms with Gasteiger partial charge in [0.1, 0.15) is 5.82 Å². The van der Waals surface area contributed by atoms with Crippen LogP contribution in [0.2, 0.25) is 0 Å². The maximum absolute atomic E-state index is 11.2. The number of hydrogen-bond donors (Lipinski definition) is 1. The molecule has 0 spiro atoms. The zero-order valence-electron chi connectivity index (χ0n) is 12.2. The molecule has 0 unspecified atom stereocenters. The molecule has 3 aromatic rings. The normalized spacial score (nSPS) is 10.5. The maximum atomic E-state index is 11.2. The quantitative estimate of drug-likeness (QED) is 0.765. The van der Waals surface area contributed by atoms with Crippen LogP contribution < -0.4 is 5.73 Å². The Bertz CT molecular complexity index is 830. The van der Waals surface area contributed by atoms with E-state index in [0.29, 0.717) is 17.8 Å². The topological polar surface area (TPSA) is 68.9 Å². The highest BCUT2D eigenvalue weighted by Gasteiger charge is 2.05. The molecule has 0 radical (unpaired) electrons. The van der Waals surface area contributed by atoms with E-state index in [1.165, 1.54) is 0 Å². The van der Waals surface area contributed by atoms with Crippen LogP contribution in [0.15, 0.2) is 65.4 Å². The third-order valence-corrected chi connectivity index (χ3v) is 3.99. The largest absolute Gasteiger partial charge is 0.366 e. The van der Waals surface area contributed by atoms with Gasteiger partial charge in [-0.2, -0.15) is 0 Å². The molecule has 114 valence electrons. The molecule has 0 aliphatic carbocycles. The van der Waals surface area contributed by atoms with E-state index in [9.17, 15) is 4.79 Å². The lowest BCUT2D eigenvalue weighted by Gasteiger charge is -2.05. The summed E-state index contributed by atoms with van der Waals surface area (Å²) in [6.45, 7) is 0. The van der Waals surface area contributed by atoms with E-state index in [2.05, 4.69) is 25.9 Å². The molecule has 0 aliphatic heterocycles. The van der Waals surface area contributed by atoms with E-state index in [0.717, 1.165) is 21.2 Å². The molecule has 1 heterocycles. The Kier molecular flexibility index (Phi) is 4.48.